The zero-order chi connectivity index (χ0) is 12.0. The van der Waals surface area contributed by atoms with E-state index in [1.807, 2.05) is 0 Å². The van der Waals surface area contributed by atoms with Crippen LogP contribution in [0.3, 0.4) is 0 Å². The van der Waals surface area contributed by atoms with Gasteiger partial charge >= 0.3 is 5.97 Å². The number of carbonyl (C=O) groups is 2. The molecule has 1 N–H and O–H groups in total. The maximum Gasteiger partial charge on any atom is 0.337 e. The molecule has 1 aliphatic heterocycles. The van der Waals surface area contributed by atoms with Crippen LogP contribution in [0.2, 0.25) is 0 Å². The number of anilines is 1. The fourth-order valence-corrected chi connectivity index (χ4v) is 2.97. The average Bonchev–Trinajstić information content (AvgIpc) is 2.89. The Labute approximate surface area is 98.9 Å². The second-order valence-electron chi connectivity index (χ2n) is 4.69. The molecule has 0 spiro atoms. The molecule has 3 rings (SSSR count). The molecule has 4 nitrogen and oxygen atoms in total. The Hall–Kier alpha value is -1.84. The minimum Gasteiger partial charge on any atom is -0.478 e. The lowest BCUT2D eigenvalue weighted by molar-refractivity contribution is -0.121. The SMILES string of the molecule is O=C(O)c1ccccc1N1C(=O)C2CCC1C2. The Balaban J connectivity index is 2.05. The minimum absolute atomic E-state index is 0.0925. The van der Waals surface area contributed by atoms with Gasteiger partial charge in [0.2, 0.25) is 5.91 Å². The number of piperidine rings is 1. The van der Waals surface area contributed by atoms with Gasteiger partial charge in [-0.1, -0.05) is 12.1 Å². The van der Waals surface area contributed by atoms with Gasteiger partial charge in [-0.3, -0.25) is 4.79 Å². The van der Waals surface area contributed by atoms with Gasteiger partial charge in [-0.05, 0) is 31.4 Å². The number of nitrogens with zero attached hydrogens (tertiary/aromatic N) is 1. The van der Waals surface area contributed by atoms with Crippen molar-refractivity contribution in [1.82, 2.24) is 0 Å². The zero-order valence-corrected chi connectivity index (χ0v) is 9.30. The quantitative estimate of drug-likeness (QED) is 0.845. The number of amides is 1. The van der Waals surface area contributed by atoms with Crippen molar-refractivity contribution in [2.75, 3.05) is 4.90 Å². The third-order valence-corrected chi connectivity index (χ3v) is 3.75. The lowest BCUT2D eigenvalue weighted by Crippen LogP contribution is -2.37. The van der Waals surface area contributed by atoms with E-state index in [2.05, 4.69) is 0 Å². The van der Waals surface area contributed by atoms with Crippen molar-refractivity contribution in [1.29, 1.82) is 0 Å². The smallest absolute Gasteiger partial charge is 0.337 e. The highest BCUT2D eigenvalue weighted by molar-refractivity contribution is 6.04. The van der Waals surface area contributed by atoms with Gasteiger partial charge in [0.25, 0.3) is 0 Å². The monoisotopic (exact) mass is 231 g/mol. The van der Waals surface area contributed by atoms with Gasteiger partial charge in [0, 0.05) is 12.0 Å². The lowest BCUT2D eigenvalue weighted by atomic mass is 10.1. The summed E-state index contributed by atoms with van der Waals surface area (Å²) in [6.07, 6.45) is 2.83. The highest BCUT2D eigenvalue weighted by atomic mass is 16.4. The van der Waals surface area contributed by atoms with Crippen molar-refractivity contribution >= 4 is 17.6 Å². The summed E-state index contributed by atoms with van der Waals surface area (Å²) in [6, 6.07) is 6.94. The highest BCUT2D eigenvalue weighted by Gasteiger charge is 2.46. The Morgan fingerprint density at radius 2 is 2.06 bits per heavy atom. The van der Waals surface area contributed by atoms with Crippen LogP contribution in [0.15, 0.2) is 24.3 Å². The van der Waals surface area contributed by atoms with Gasteiger partial charge in [-0.2, -0.15) is 0 Å². The Kier molecular flexibility index (Phi) is 2.18. The number of benzene rings is 1. The molecule has 2 aliphatic rings. The maximum absolute atomic E-state index is 12.1. The van der Waals surface area contributed by atoms with Gasteiger partial charge in [-0.15, -0.1) is 0 Å². The molecule has 1 aromatic rings. The number of carboxylic acid groups (broad SMARTS) is 1. The van der Waals surface area contributed by atoms with Crippen LogP contribution in [0.25, 0.3) is 0 Å². The maximum atomic E-state index is 12.1. The molecule has 2 bridgehead atoms. The van der Waals surface area contributed by atoms with Crippen LogP contribution in [0.4, 0.5) is 5.69 Å². The number of fused-ring (bicyclic) bond motifs is 2. The number of hydrogen-bond donors (Lipinski definition) is 1. The molecule has 88 valence electrons. The average molecular weight is 231 g/mol. The summed E-state index contributed by atoms with van der Waals surface area (Å²) in [5.74, 6) is -0.770. The summed E-state index contributed by atoms with van der Waals surface area (Å²) in [5.41, 5.74) is 0.769. The first-order valence-electron chi connectivity index (χ1n) is 5.84. The number of carboxylic acids is 1. The number of hydrogen-bond acceptors (Lipinski definition) is 2. The third-order valence-electron chi connectivity index (χ3n) is 3.75. The molecule has 1 amide bonds. The third kappa shape index (κ3) is 1.44. The first kappa shape index (κ1) is 10.3. The second kappa shape index (κ2) is 3.58. The van der Waals surface area contributed by atoms with Crippen LogP contribution in [-0.2, 0) is 4.79 Å². The van der Waals surface area contributed by atoms with Crippen molar-refractivity contribution in [2.24, 2.45) is 5.92 Å². The molecule has 0 aromatic heterocycles. The molecule has 1 saturated carbocycles. The normalized spacial score (nSPS) is 26.6. The second-order valence-corrected chi connectivity index (χ2v) is 4.69. The van der Waals surface area contributed by atoms with E-state index in [-0.39, 0.29) is 23.4 Å². The van der Waals surface area contributed by atoms with Crippen molar-refractivity contribution in [2.45, 2.75) is 25.3 Å². The topological polar surface area (TPSA) is 57.6 Å². The standard InChI is InChI=1S/C13H13NO3/c15-12-8-5-6-9(7-8)14(12)11-4-2-1-3-10(11)13(16)17/h1-4,8-9H,5-7H2,(H,16,17). The molecule has 2 unspecified atom stereocenters. The predicted molar refractivity (Wildman–Crippen MR) is 62.0 cm³/mol. The van der Waals surface area contributed by atoms with E-state index in [4.69, 9.17) is 5.11 Å². The molecule has 4 heteroatoms. The molecule has 2 fully saturated rings. The van der Waals surface area contributed by atoms with E-state index in [0.717, 1.165) is 19.3 Å². The summed E-state index contributed by atoms with van der Waals surface area (Å²) in [6.45, 7) is 0. The van der Waals surface area contributed by atoms with Crippen LogP contribution in [0.5, 0.6) is 0 Å². The van der Waals surface area contributed by atoms with Crippen LogP contribution in [-0.4, -0.2) is 23.0 Å². The Bertz CT molecular complexity index is 497. The van der Waals surface area contributed by atoms with Crippen molar-refractivity contribution in [3.8, 4) is 0 Å². The predicted octanol–water partition coefficient (Wildman–Crippen LogP) is 1.90. The summed E-state index contributed by atoms with van der Waals surface area (Å²) >= 11 is 0. The van der Waals surface area contributed by atoms with Crippen LogP contribution >= 0.6 is 0 Å². The van der Waals surface area contributed by atoms with Gasteiger partial charge in [0.1, 0.15) is 0 Å². The van der Waals surface area contributed by atoms with Crippen molar-refractivity contribution in [3.05, 3.63) is 29.8 Å². The van der Waals surface area contributed by atoms with E-state index in [9.17, 15) is 9.59 Å². The van der Waals surface area contributed by atoms with E-state index < -0.39 is 5.97 Å². The molecule has 1 heterocycles. The first-order chi connectivity index (χ1) is 8.18. The summed E-state index contributed by atoms with van der Waals surface area (Å²) in [4.78, 5) is 24.9. The molecule has 1 saturated heterocycles. The van der Waals surface area contributed by atoms with Crippen molar-refractivity contribution < 1.29 is 14.7 Å². The van der Waals surface area contributed by atoms with E-state index in [1.165, 1.54) is 0 Å². The van der Waals surface area contributed by atoms with E-state index in [0.29, 0.717) is 5.69 Å². The van der Waals surface area contributed by atoms with Gasteiger partial charge in [-0.25, -0.2) is 4.79 Å². The number of para-hydroxylation sites is 1. The lowest BCUT2D eigenvalue weighted by Gasteiger charge is -2.28. The van der Waals surface area contributed by atoms with Gasteiger partial charge < -0.3 is 10.0 Å². The van der Waals surface area contributed by atoms with Crippen LogP contribution < -0.4 is 4.90 Å². The minimum atomic E-state index is -0.976. The van der Waals surface area contributed by atoms with E-state index in [1.54, 1.807) is 29.2 Å². The fourth-order valence-electron chi connectivity index (χ4n) is 2.97. The molecule has 0 radical (unpaired) electrons. The first-order valence-corrected chi connectivity index (χ1v) is 5.84. The van der Waals surface area contributed by atoms with Gasteiger partial charge in [0.15, 0.2) is 0 Å². The molecule has 17 heavy (non-hydrogen) atoms. The van der Waals surface area contributed by atoms with Gasteiger partial charge in [0.05, 0.1) is 11.3 Å². The Morgan fingerprint density at radius 3 is 2.71 bits per heavy atom. The number of carbonyl (C=O) groups excluding carboxylic acids is 1. The number of rotatable bonds is 2. The van der Waals surface area contributed by atoms with E-state index >= 15 is 0 Å². The fraction of sp³-hybridized carbons (Fsp3) is 0.385. The summed E-state index contributed by atoms with van der Waals surface area (Å²) < 4.78 is 0. The molecule has 2 atom stereocenters. The molecular formula is C13H13NO3. The Morgan fingerprint density at radius 1 is 1.29 bits per heavy atom. The van der Waals surface area contributed by atoms with Crippen LogP contribution in [0, 0.1) is 5.92 Å². The number of aromatic carboxylic acids is 1. The van der Waals surface area contributed by atoms with Crippen LogP contribution in [0.1, 0.15) is 29.6 Å². The highest BCUT2D eigenvalue weighted by Crippen LogP contribution is 2.42. The molecular weight excluding hydrogens is 218 g/mol. The molecule has 1 aromatic carbocycles. The summed E-state index contributed by atoms with van der Waals surface area (Å²) in [5, 5.41) is 9.14. The zero-order valence-electron chi connectivity index (χ0n) is 9.30. The van der Waals surface area contributed by atoms with Crippen molar-refractivity contribution in [3.63, 3.8) is 0 Å². The molecule has 1 aliphatic carbocycles. The summed E-state index contributed by atoms with van der Waals surface area (Å²) in [7, 11) is 0. The largest absolute Gasteiger partial charge is 0.478 e.